The van der Waals surface area contributed by atoms with Crippen LogP contribution in [0.25, 0.3) is 16.3 Å². The lowest BCUT2D eigenvalue weighted by Gasteiger charge is -2.26. The first-order chi connectivity index (χ1) is 11.5. The number of H-pyrrole nitrogens is 1. The van der Waals surface area contributed by atoms with Gasteiger partial charge in [-0.25, -0.2) is 9.18 Å². The van der Waals surface area contributed by atoms with Gasteiger partial charge in [-0.3, -0.25) is 4.79 Å². The maximum atomic E-state index is 13.5. The molecule has 0 spiro atoms. The smallest absolute Gasteiger partial charge is 0.410 e. The Morgan fingerprint density at radius 3 is 2.83 bits per heavy atom. The quantitative estimate of drug-likeness (QED) is 0.919. The third kappa shape index (κ3) is 2.91. The highest BCUT2D eigenvalue weighted by molar-refractivity contribution is 5.94. The van der Waals surface area contributed by atoms with Gasteiger partial charge >= 0.3 is 6.09 Å². The molecule has 6 heteroatoms. The van der Waals surface area contributed by atoms with Crippen LogP contribution in [0.3, 0.4) is 0 Å². The summed E-state index contributed by atoms with van der Waals surface area (Å²) in [6, 6.07) is 4.26. The minimum absolute atomic E-state index is 0.296. The number of carbonyl (C=O) groups excluding carboxylic acids is 1. The fourth-order valence-electron chi connectivity index (χ4n) is 3.12. The molecule has 1 aromatic carbocycles. The molecule has 0 unspecified atom stereocenters. The number of pyridine rings is 1. The van der Waals surface area contributed by atoms with Gasteiger partial charge < -0.3 is 14.6 Å². The maximum absolute atomic E-state index is 13.5. The highest BCUT2D eigenvalue weighted by atomic mass is 19.1. The molecule has 0 saturated carbocycles. The average Bonchev–Trinajstić information content (AvgIpc) is 2.56. The number of ether oxygens (including phenoxy) is 1. The molecule has 0 radical (unpaired) electrons. The minimum atomic E-state index is -0.436. The number of halogens is 1. The minimum Gasteiger partial charge on any atom is -0.450 e. The lowest BCUT2D eigenvalue weighted by atomic mass is 9.93. The van der Waals surface area contributed by atoms with E-state index in [0.29, 0.717) is 31.5 Å². The van der Waals surface area contributed by atoms with Crippen molar-refractivity contribution in [1.29, 1.82) is 0 Å². The van der Waals surface area contributed by atoms with Gasteiger partial charge in [0.2, 0.25) is 0 Å². The normalized spacial score (nSPS) is 14.6. The number of aromatic amines is 1. The Morgan fingerprint density at radius 2 is 2.17 bits per heavy atom. The van der Waals surface area contributed by atoms with E-state index in [1.807, 2.05) is 13.0 Å². The predicted molar refractivity (Wildman–Crippen MR) is 90.5 cm³/mol. The van der Waals surface area contributed by atoms with Crippen molar-refractivity contribution < 1.29 is 13.9 Å². The van der Waals surface area contributed by atoms with Crippen LogP contribution in [0.5, 0.6) is 0 Å². The van der Waals surface area contributed by atoms with Crippen LogP contribution in [0.4, 0.5) is 9.18 Å². The van der Waals surface area contributed by atoms with E-state index in [-0.39, 0.29) is 11.7 Å². The van der Waals surface area contributed by atoms with Crippen molar-refractivity contribution >= 4 is 22.4 Å². The van der Waals surface area contributed by atoms with Gasteiger partial charge in [0, 0.05) is 24.3 Å². The summed E-state index contributed by atoms with van der Waals surface area (Å²) >= 11 is 0. The van der Waals surface area contributed by atoms with Gasteiger partial charge in [0.05, 0.1) is 12.0 Å². The molecular weight excluding hydrogens is 311 g/mol. The summed E-state index contributed by atoms with van der Waals surface area (Å²) in [4.78, 5) is 28.3. The number of aryl methyl sites for hydroxylation is 1. The standard InChI is InChI=1S/C18H19FN2O3/c1-3-24-18(23)21-8-6-12(7-9-21)16-11(2)20-17(22)15-10-13(19)4-5-14(15)16/h4-6,10H,3,7-9H2,1-2H3,(H,20,22). The Bertz CT molecular complexity index is 886. The zero-order valence-corrected chi connectivity index (χ0v) is 13.7. The fourth-order valence-corrected chi connectivity index (χ4v) is 3.12. The van der Waals surface area contributed by atoms with E-state index in [0.717, 1.165) is 22.2 Å². The molecule has 126 valence electrons. The molecule has 1 aliphatic heterocycles. The summed E-state index contributed by atoms with van der Waals surface area (Å²) < 4.78 is 18.5. The summed E-state index contributed by atoms with van der Waals surface area (Å²) in [5, 5.41) is 1.07. The zero-order chi connectivity index (χ0) is 17.3. The average molecular weight is 330 g/mol. The van der Waals surface area contributed by atoms with Crippen LogP contribution >= 0.6 is 0 Å². The SMILES string of the molecule is CCOC(=O)N1CC=C(c2c(C)[nH]c(=O)c3cc(F)ccc23)CC1. The summed E-state index contributed by atoms with van der Waals surface area (Å²) in [6.07, 6.45) is 2.29. The highest BCUT2D eigenvalue weighted by Crippen LogP contribution is 2.30. The molecule has 1 aliphatic rings. The van der Waals surface area contributed by atoms with E-state index in [1.54, 1.807) is 17.9 Å². The molecule has 2 aromatic rings. The number of benzene rings is 1. The van der Waals surface area contributed by atoms with Crippen LogP contribution in [-0.2, 0) is 4.74 Å². The van der Waals surface area contributed by atoms with Gasteiger partial charge in [0.25, 0.3) is 5.56 Å². The molecule has 2 heterocycles. The number of hydrogen-bond donors (Lipinski definition) is 1. The second-order valence-electron chi connectivity index (χ2n) is 5.77. The third-order valence-corrected chi connectivity index (χ3v) is 4.23. The molecule has 0 aliphatic carbocycles. The third-order valence-electron chi connectivity index (χ3n) is 4.23. The van der Waals surface area contributed by atoms with E-state index >= 15 is 0 Å². The Hall–Kier alpha value is -2.63. The maximum Gasteiger partial charge on any atom is 0.410 e. The molecule has 24 heavy (non-hydrogen) atoms. The van der Waals surface area contributed by atoms with Gasteiger partial charge in [-0.1, -0.05) is 12.1 Å². The first-order valence-electron chi connectivity index (χ1n) is 7.94. The van der Waals surface area contributed by atoms with Crippen LogP contribution < -0.4 is 5.56 Å². The van der Waals surface area contributed by atoms with E-state index in [1.165, 1.54) is 12.1 Å². The van der Waals surface area contributed by atoms with E-state index in [2.05, 4.69) is 4.98 Å². The topological polar surface area (TPSA) is 62.4 Å². The molecule has 0 bridgehead atoms. The second-order valence-corrected chi connectivity index (χ2v) is 5.77. The van der Waals surface area contributed by atoms with E-state index < -0.39 is 5.82 Å². The molecule has 0 atom stereocenters. The first-order valence-corrected chi connectivity index (χ1v) is 7.94. The van der Waals surface area contributed by atoms with E-state index in [9.17, 15) is 14.0 Å². The Balaban J connectivity index is 2.02. The number of fused-ring (bicyclic) bond motifs is 1. The predicted octanol–water partition coefficient (Wildman–Crippen LogP) is 3.22. The Labute approximate surface area is 138 Å². The zero-order valence-electron chi connectivity index (χ0n) is 13.7. The number of hydrogen-bond acceptors (Lipinski definition) is 3. The van der Waals surface area contributed by atoms with Crippen molar-refractivity contribution in [3.63, 3.8) is 0 Å². The lowest BCUT2D eigenvalue weighted by molar-refractivity contribution is 0.111. The highest BCUT2D eigenvalue weighted by Gasteiger charge is 2.21. The second kappa shape index (κ2) is 6.47. The molecule has 3 rings (SSSR count). The number of nitrogens with zero attached hydrogens (tertiary/aromatic N) is 1. The molecule has 1 amide bonds. The molecule has 0 saturated heterocycles. The van der Waals surface area contributed by atoms with Crippen molar-refractivity contribution in [2.45, 2.75) is 20.3 Å². The number of rotatable bonds is 2. The monoisotopic (exact) mass is 330 g/mol. The molecular formula is C18H19FN2O3. The fraction of sp³-hybridized carbons (Fsp3) is 0.333. The molecule has 5 nitrogen and oxygen atoms in total. The molecule has 1 aromatic heterocycles. The lowest BCUT2D eigenvalue weighted by Crippen LogP contribution is -2.35. The number of amides is 1. The van der Waals surface area contributed by atoms with Crippen LogP contribution in [0.1, 0.15) is 24.6 Å². The van der Waals surface area contributed by atoms with Crippen molar-refractivity contribution in [2.75, 3.05) is 19.7 Å². The summed E-state index contributed by atoms with van der Waals surface area (Å²) in [5.74, 6) is -0.436. The van der Waals surface area contributed by atoms with Crippen molar-refractivity contribution in [3.8, 4) is 0 Å². The van der Waals surface area contributed by atoms with Gasteiger partial charge in [-0.15, -0.1) is 0 Å². The molecule has 0 fully saturated rings. The van der Waals surface area contributed by atoms with Crippen molar-refractivity contribution in [2.24, 2.45) is 0 Å². The Kier molecular flexibility index (Phi) is 4.38. The summed E-state index contributed by atoms with van der Waals surface area (Å²) in [5.41, 5.74) is 2.40. The van der Waals surface area contributed by atoms with Crippen molar-refractivity contribution in [1.82, 2.24) is 9.88 Å². The van der Waals surface area contributed by atoms with Crippen LogP contribution in [0.15, 0.2) is 29.1 Å². The van der Waals surface area contributed by atoms with Gasteiger partial charge in [0.15, 0.2) is 0 Å². The Morgan fingerprint density at radius 1 is 1.38 bits per heavy atom. The largest absolute Gasteiger partial charge is 0.450 e. The van der Waals surface area contributed by atoms with Crippen molar-refractivity contribution in [3.05, 3.63) is 51.7 Å². The van der Waals surface area contributed by atoms with Crippen LogP contribution in [-0.4, -0.2) is 35.7 Å². The molecule has 1 N–H and O–H groups in total. The number of nitrogens with one attached hydrogen (secondary N) is 1. The summed E-state index contributed by atoms with van der Waals surface area (Å²) in [6.45, 7) is 4.96. The number of carbonyl (C=O) groups is 1. The summed E-state index contributed by atoms with van der Waals surface area (Å²) in [7, 11) is 0. The first kappa shape index (κ1) is 16.2. The van der Waals surface area contributed by atoms with Crippen LogP contribution in [0, 0.1) is 12.7 Å². The van der Waals surface area contributed by atoms with Gasteiger partial charge in [-0.05, 0) is 43.4 Å². The van der Waals surface area contributed by atoms with Crippen LogP contribution in [0.2, 0.25) is 0 Å². The van der Waals surface area contributed by atoms with Gasteiger partial charge in [-0.2, -0.15) is 0 Å². The number of aromatic nitrogens is 1. The van der Waals surface area contributed by atoms with E-state index in [4.69, 9.17) is 4.74 Å². The van der Waals surface area contributed by atoms with Gasteiger partial charge in [0.1, 0.15) is 5.82 Å².